The van der Waals surface area contributed by atoms with Crippen molar-refractivity contribution in [3.63, 3.8) is 0 Å². The van der Waals surface area contributed by atoms with Gasteiger partial charge in [-0.2, -0.15) is 10.4 Å². The number of carbonyl (C=O) groups excluding carboxylic acids is 1. The van der Waals surface area contributed by atoms with E-state index in [-0.39, 0.29) is 11.9 Å². The number of hydrogen-bond donors (Lipinski definition) is 1. The fourth-order valence-corrected chi connectivity index (χ4v) is 3.63. The van der Waals surface area contributed by atoms with E-state index < -0.39 is 5.54 Å². The first-order valence-electron chi connectivity index (χ1n) is 9.48. The van der Waals surface area contributed by atoms with Gasteiger partial charge in [0.25, 0.3) is 5.91 Å². The second kappa shape index (κ2) is 6.74. The van der Waals surface area contributed by atoms with Crippen LogP contribution in [-0.4, -0.2) is 27.5 Å². The standard InChI is InChI=1S/C22H22N6O/c1-14(2)28(20-19-8-6-16(12-23)27(19)10-9-24-20)25-13-15-5-7-17-18(11-15)22(3,4)26-21(17)29/h5-11,13-14H,1-4H3,(H,26,29)/b25-13+. The van der Waals surface area contributed by atoms with Crippen molar-refractivity contribution >= 4 is 23.5 Å². The summed E-state index contributed by atoms with van der Waals surface area (Å²) in [5.41, 5.74) is 3.54. The van der Waals surface area contributed by atoms with E-state index in [2.05, 4.69) is 21.5 Å². The Hall–Kier alpha value is -3.66. The van der Waals surface area contributed by atoms with E-state index in [1.165, 1.54) is 0 Å². The van der Waals surface area contributed by atoms with Crippen LogP contribution in [-0.2, 0) is 5.54 Å². The van der Waals surface area contributed by atoms with Crippen molar-refractivity contribution in [2.24, 2.45) is 5.10 Å². The normalized spacial score (nSPS) is 15.0. The minimum Gasteiger partial charge on any atom is -0.343 e. The maximum Gasteiger partial charge on any atom is 0.252 e. The number of carbonyl (C=O) groups is 1. The maximum atomic E-state index is 12.1. The number of benzene rings is 1. The Morgan fingerprint density at radius 1 is 1.31 bits per heavy atom. The van der Waals surface area contributed by atoms with Crippen LogP contribution in [0.5, 0.6) is 0 Å². The molecule has 7 nitrogen and oxygen atoms in total. The smallest absolute Gasteiger partial charge is 0.252 e. The number of amides is 1. The third-order valence-electron chi connectivity index (χ3n) is 5.10. The van der Waals surface area contributed by atoms with Crippen LogP contribution >= 0.6 is 0 Å². The predicted molar refractivity (Wildman–Crippen MR) is 112 cm³/mol. The van der Waals surface area contributed by atoms with E-state index >= 15 is 0 Å². The largest absolute Gasteiger partial charge is 0.343 e. The van der Waals surface area contributed by atoms with E-state index in [1.54, 1.807) is 24.7 Å². The number of nitrogens with zero attached hydrogens (tertiary/aromatic N) is 5. The molecule has 4 rings (SSSR count). The Morgan fingerprint density at radius 2 is 2.10 bits per heavy atom. The van der Waals surface area contributed by atoms with E-state index in [1.807, 2.05) is 61.4 Å². The van der Waals surface area contributed by atoms with Gasteiger partial charge in [0.15, 0.2) is 5.82 Å². The second-order valence-electron chi connectivity index (χ2n) is 7.90. The summed E-state index contributed by atoms with van der Waals surface area (Å²) < 4.78 is 1.81. The average Bonchev–Trinajstić information content (AvgIpc) is 3.20. The molecule has 0 radical (unpaired) electrons. The maximum absolute atomic E-state index is 12.1. The molecule has 1 aliphatic rings. The Morgan fingerprint density at radius 3 is 2.83 bits per heavy atom. The van der Waals surface area contributed by atoms with Crippen LogP contribution in [0.25, 0.3) is 5.52 Å². The fraction of sp³-hybridized carbons (Fsp3) is 0.273. The highest BCUT2D eigenvalue weighted by Crippen LogP contribution is 2.31. The average molecular weight is 386 g/mol. The molecular weight excluding hydrogens is 364 g/mol. The first kappa shape index (κ1) is 18.7. The number of hydrazone groups is 1. The van der Waals surface area contributed by atoms with Gasteiger partial charge in [-0.15, -0.1) is 0 Å². The number of aromatic nitrogens is 2. The number of nitriles is 1. The number of fused-ring (bicyclic) bond motifs is 2. The van der Waals surface area contributed by atoms with Gasteiger partial charge >= 0.3 is 0 Å². The lowest BCUT2D eigenvalue weighted by Crippen LogP contribution is -2.32. The summed E-state index contributed by atoms with van der Waals surface area (Å²) in [5.74, 6) is 0.633. The molecular formula is C22H22N6O. The lowest BCUT2D eigenvalue weighted by atomic mass is 9.93. The van der Waals surface area contributed by atoms with Gasteiger partial charge in [0.05, 0.1) is 17.3 Å². The molecule has 0 saturated heterocycles. The molecule has 7 heteroatoms. The molecule has 0 saturated carbocycles. The quantitative estimate of drug-likeness (QED) is 0.550. The van der Waals surface area contributed by atoms with Gasteiger partial charge in [0.2, 0.25) is 0 Å². The van der Waals surface area contributed by atoms with Crippen molar-refractivity contribution in [1.29, 1.82) is 5.26 Å². The molecule has 0 bridgehead atoms. The third kappa shape index (κ3) is 3.13. The topological polar surface area (TPSA) is 85.8 Å². The van der Waals surface area contributed by atoms with Crippen molar-refractivity contribution in [1.82, 2.24) is 14.7 Å². The van der Waals surface area contributed by atoms with Crippen molar-refractivity contribution in [2.75, 3.05) is 5.01 Å². The Kier molecular flexibility index (Phi) is 4.35. The second-order valence-corrected chi connectivity index (χ2v) is 7.90. The summed E-state index contributed by atoms with van der Waals surface area (Å²) in [5, 5.41) is 18.8. The molecule has 3 heterocycles. The molecule has 2 aromatic heterocycles. The third-order valence-corrected chi connectivity index (χ3v) is 5.10. The lowest BCUT2D eigenvalue weighted by Gasteiger charge is -2.23. The minimum atomic E-state index is -0.402. The van der Waals surface area contributed by atoms with Crippen LogP contribution in [0.1, 0.15) is 54.9 Å². The highest BCUT2D eigenvalue weighted by molar-refractivity contribution is 6.00. The van der Waals surface area contributed by atoms with Crippen molar-refractivity contribution in [3.8, 4) is 6.07 Å². The van der Waals surface area contributed by atoms with Crippen LogP contribution in [0.3, 0.4) is 0 Å². The summed E-state index contributed by atoms with van der Waals surface area (Å²) in [6, 6.07) is 11.6. The lowest BCUT2D eigenvalue weighted by molar-refractivity contribution is 0.0940. The Labute approximate surface area is 169 Å². The SMILES string of the molecule is CC(C)N(/N=C/c1ccc2c(c1)C(C)(C)NC2=O)c1nccn2c(C#N)ccc12. The molecule has 0 fully saturated rings. The zero-order valence-electron chi connectivity index (χ0n) is 16.8. The van der Waals surface area contributed by atoms with Crippen molar-refractivity contribution in [3.05, 3.63) is 65.1 Å². The highest BCUT2D eigenvalue weighted by Gasteiger charge is 2.34. The van der Waals surface area contributed by atoms with E-state index in [9.17, 15) is 10.1 Å². The molecule has 1 aromatic carbocycles. The van der Waals surface area contributed by atoms with Crippen molar-refractivity contribution < 1.29 is 4.79 Å². The number of nitrogens with one attached hydrogen (secondary N) is 1. The van der Waals surface area contributed by atoms with E-state index in [0.717, 1.165) is 16.6 Å². The molecule has 1 aliphatic heterocycles. The van der Waals surface area contributed by atoms with Crippen LogP contribution in [0.4, 0.5) is 5.82 Å². The fourth-order valence-electron chi connectivity index (χ4n) is 3.63. The Balaban J connectivity index is 1.73. The summed E-state index contributed by atoms with van der Waals surface area (Å²) in [7, 11) is 0. The summed E-state index contributed by atoms with van der Waals surface area (Å²) >= 11 is 0. The molecule has 0 unspecified atom stereocenters. The molecule has 0 aliphatic carbocycles. The monoisotopic (exact) mass is 386 g/mol. The summed E-state index contributed by atoms with van der Waals surface area (Å²) in [6.07, 6.45) is 5.22. The van der Waals surface area contributed by atoms with Gasteiger partial charge < -0.3 is 9.72 Å². The highest BCUT2D eigenvalue weighted by atomic mass is 16.2. The van der Waals surface area contributed by atoms with Gasteiger partial charge in [0.1, 0.15) is 11.8 Å². The first-order valence-corrected chi connectivity index (χ1v) is 9.48. The predicted octanol–water partition coefficient (Wildman–Crippen LogP) is 3.43. The van der Waals surface area contributed by atoms with E-state index in [0.29, 0.717) is 17.1 Å². The van der Waals surface area contributed by atoms with Gasteiger partial charge in [0, 0.05) is 24.0 Å². The number of anilines is 1. The summed E-state index contributed by atoms with van der Waals surface area (Å²) in [4.78, 5) is 16.6. The van der Waals surface area contributed by atoms with Crippen LogP contribution in [0, 0.1) is 11.3 Å². The molecule has 29 heavy (non-hydrogen) atoms. The molecule has 3 aromatic rings. The van der Waals surface area contributed by atoms with Crippen LogP contribution in [0.2, 0.25) is 0 Å². The van der Waals surface area contributed by atoms with Gasteiger partial charge in [-0.25, -0.2) is 9.99 Å². The van der Waals surface area contributed by atoms with Gasteiger partial charge in [-0.3, -0.25) is 4.79 Å². The minimum absolute atomic E-state index is 0.0466. The van der Waals surface area contributed by atoms with Crippen LogP contribution < -0.4 is 10.3 Å². The Bertz CT molecular complexity index is 1180. The van der Waals surface area contributed by atoms with Crippen LogP contribution in [0.15, 0.2) is 47.8 Å². The first-order chi connectivity index (χ1) is 13.8. The van der Waals surface area contributed by atoms with Crippen molar-refractivity contribution in [2.45, 2.75) is 39.3 Å². The van der Waals surface area contributed by atoms with Gasteiger partial charge in [-0.1, -0.05) is 6.07 Å². The molecule has 1 amide bonds. The molecule has 1 N–H and O–H groups in total. The number of hydrogen-bond acceptors (Lipinski definition) is 5. The van der Waals surface area contributed by atoms with Gasteiger partial charge in [-0.05, 0) is 63.1 Å². The zero-order chi connectivity index (χ0) is 20.8. The van der Waals surface area contributed by atoms with E-state index in [4.69, 9.17) is 0 Å². The zero-order valence-corrected chi connectivity index (χ0v) is 16.8. The molecule has 146 valence electrons. The molecule has 0 atom stereocenters. The molecule has 0 spiro atoms. The summed E-state index contributed by atoms with van der Waals surface area (Å²) in [6.45, 7) is 8.04. The number of rotatable bonds is 4.